The predicted molar refractivity (Wildman–Crippen MR) is 195 cm³/mol. The fraction of sp³-hybridized carbons (Fsp3) is 0. The molecule has 0 aliphatic heterocycles. The summed E-state index contributed by atoms with van der Waals surface area (Å²) in [5, 5.41) is 6.98. The molecule has 224 valence electrons. The summed E-state index contributed by atoms with van der Waals surface area (Å²) in [5.74, 6) is 1.80. The second-order valence-electron chi connectivity index (χ2n) is 11.9. The maximum Gasteiger partial charge on any atom is 0.238 e. The molecule has 4 aromatic heterocycles. The van der Waals surface area contributed by atoms with Crippen molar-refractivity contribution in [1.29, 1.82) is 0 Å². The fourth-order valence-electron chi connectivity index (χ4n) is 7.24. The Labute approximate surface area is 275 Å². The number of nitrogens with zero attached hydrogens (tertiary/aromatic N) is 6. The molecule has 10 rings (SSSR count). The van der Waals surface area contributed by atoms with E-state index in [1.54, 1.807) is 0 Å². The van der Waals surface area contributed by atoms with Gasteiger partial charge in [-0.2, -0.15) is 9.97 Å². The van der Waals surface area contributed by atoms with Gasteiger partial charge in [-0.3, -0.25) is 9.55 Å². The van der Waals surface area contributed by atoms with Crippen molar-refractivity contribution < 1.29 is 0 Å². The van der Waals surface area contributed by atoms with Crippen LogP contribution in [-0.4, -0.2) is 29.1 Å². The van der Waals surface area contributed by atoms with Gasteiger partial charge in [0.05, 0.1) is 28.3 Å². The summed E-state index contributed by atoms with van der Waals surface area (Å²) >= 11 is 0. The summed E-state index contributed by atoms with van der Waals surface area (Å²) in [6.45, 7) is 0. The van der Waals surface area contributed by atoms with E-state index in [2.05, 4.69) is 99.0 Å². The minimum Gasteiger partial charge on any atom is -0.306 e. The number of benzene rings is 6. The summed E-state index contributed by atoms with van der Waals surface area (Å²) in [7, 11) is 0. The first-order chi connectivity index (χ1) is 23.8. The Morgan fingerprint density at radius 2 is 0.896 bits per heavy atom. The van der Waals surface area contributed by atoms with Gasteiger partial charge in [0.15, 0.2) is 11.6 Å². The Hall–Kier alpha value is -6.66. The first kappa shape index (κ1) is 26.5. The molecule has 0 aliphatic rings. The fourth-order valence-corrected chi connectivity index (χ4v) is 7.24. The number of hydrogen-bond acceptors (Lipinski definition) is 4. The molecule has 6 heteroatoms. The van der Waals surface area contributed by atoms with Crippen LogP contribution in [0.3, 0.4) is 0 Å². The van der Waals surface area contributed by atoms with Gasteiger partial charge in [-0.15, -0.1) is 0 Å². The highest BCUT2D eigenvalue weighted by atomic mass is 15.2. The molecular weight excluding hydrogens is 589 g/mol. The summed E-state index contributed by atoms with van der Waals surface area (Å²) in [4.78, 5) is 20.1. The second-order valence-corrected chi connectivity index (χ2v) is 11.9. The quantitative estimate of drug-likeness (QED) is 0.198. The largest absolute Gasteiger partial charge is 0.306 e. The molecule has 0 bridgehead atoms. The molecule has 48 heavy (non-hydrogen) atoms. The van der Waals surface area contributed by atoms with Crippen LogP contribution >= 0.6 is 0 Å². The molecule has 0 atom stereocenters. The molecule has 10 aromatic rings. The van der Waals surface area contributed by atoms with Gasteiger partial charge in [-0.1, -0.05) is 121 Å². The van der Waals surface area contributed by atoms with Crippen molar-refractivity contribution in [2.75, 3.05) is 0 Å². The third kappa shape index (κ3) is 3.86. The van der Waals surface area contributed by atoms with Crippen LogP contribution < -0.4 is 0 Å². The molecule has 0 saturated heterocycles. The molecule has 6 aromatic carbocycles. The summed E-state index contributed by atoms with van der Waals surface area (Å²) in [6.07, 6.45) is 3.86. The molecule has 0 unspecified atom stereocenters. The van der Waals surface area contributed by atoms with E-state index in [-0.39, 0.29) is 0 Å². The number of rotatable bonds is 4. The van der Waals surface area contributed by atoms with Crippen LogP contribution in [0.2, 0.25) is 0 Å². The number of fused-ring (bicyclic) bond motifs is 10. The molecule has 0 saturated carbocycles. The van der Waals surface area contributed by atoms with Gasteiger partial charge in [-0.25, -0.2) is 4.98 Å². The molecule has 0 aliphatic carbocycles. The number of aromatic nitrogens is 6. The van der Waals surface area contributed by atoms with Crippen LogP contribution in [0, 0.1) is 0 Å². The van der Waals surface area contributed by atoms with Crippen LogP contribution in [0.15, 0.2) is 158 Å². The van der Waals surface area contributed by atoms with Crippen LogP contribution in [0.1, 0.15) is 0 Å². The first-order valence-corrected chi connectivity index (χ1v) is 16.0. The molecule has 0 N–H and O–H groups in total. The van der Waals surface area contributed by atoms with Gasteiger partial charge in [0.2, 0.25) is 5.95 Å². The van der Waals surface area contributed by atoms with Gasteiger partial charge in [0, 0.05) is 44.6 Å². The average molecular weight is 615 g/mol. The van der Waals surface area contributed by atoms with E-state index in [1.165, 1.54) is 16.2 Å². The zero-order valence-electron chi connectivity index (χ0n) is 25.7. The monoisotopic (exact) mass is 614 g/mol. The van der Waals surface area contributed by atoms with E-state index in [4.69, 9.17) is 15.0 Å². The smallest absolute Gasteiger partial charge is 0.238 e. The van der Waals surface area contributed by atoms with E-state index in [9.17, 15) is 0 Å². The minimum atomic E-state index is 0.563. The Morgan fingerprint density at radius 1 is 0.396 bits per heavy atom. The lowest BCUT2D eigenvalue weighted by molar-refractivity contribution is 0.953. The zero-order valence-corrected chi connectivity index (χ0v) is 25.7. The van der Waals surface area contributed by atoms with Crippen LogP contribution in [0.5, 0.6) is 0 Å². The topological polar surface area (TPSA) is 61.4 Å². The predicted octanol–water partition coefficient (Wildman–Crippen LogP) is 9.95. The lowest BCUT2D eigenvalue weighted by Gasteiger charge is -2.14. The highest BCUT2D eigenvalue weighted by Crippen LogP contribution is 2.46. The number of hydrogen-bond donors (Lipinski definition) is 0. The first-order valence-electron chi connectivity index (χ1n) is 16.0. The molecule has 6 nitrogen and oxygen atoms in total. The van der Waals surface area contributed by atoms with Gasteiger partial charge in [0.1, 0.15) is 0 Å². The van der Waals surface area contributed by atoms with Crippen molar-refractivity contribution >= 4 is 54.4 Å². The maximum atomic E-state index is 5.23. The Bertz CT molecular complexity index is 2760. The number of pyridine rings is 1. The van der Waals surface area contributed by atoms with Crippen LogP contribution in [-0.2, 0) is 0 Å². The Morgan fingerprint density at radius 3 is 1.52 bits per heavy atom. The van der Waals surface area contributed by atoms with E-state index < -0.39 is 0 Å². The highest BCUT2D eigenvalue weighted by molar-refractivity contribution is 6.36. The van der Waals surface area contributed by atoms with Gasteiger partial charge < -0.3 is 4.57 Å². The molecule has 0 spiro atoms. The van der Waals surface area contributed by atoms with Crippen molar-refractivity contribution in [3.05, 3.63) is 158 Å². The van der Waals surface area contributed by atoms with Crippen molar-refractivity contribution in [1.82, 2.24) is 29.1 Å². The summed E-state index contributed by atoms with van der Waals surface area (Å²) < 4.78 is 4.59. The standard InChI is InChI=1S/C42H26N6/c1-4-14-27(15-5-1)40-44-41(28-16-6-2-7-17-28)46-42(45-40)48-34-23-13-12-22-32(34)36-30-20-10-11-21-31(30)37-33-24-25-43-26-35(33)47(38(37)39(36)48)29-18-8-3-9-19-29/h1-26H. The third-order valence-electron chi connectivity index (χ3n) is 9.24. The second kappa shape index (κ2) is 10.4. The van der Waals surface area contributed by atoms with E-state index in [1.807, 2.05) is 73.1 Å². The molecule has 0 radical (unpaired) electrons. The van der Waals surface area contributed by atoms with Gasteiger partial charge >= 0.3 is 0 Å². The van der Waals surface area contributed by atoms with E-state index in [0.29, 0.717) is 17.6 Å². The SMILES string of the molecule is c1ccc(-c2nc(-c3ccccc3)nc(-n3c4ccccc4c4c5ccccc5c5c6ccncc6n(-c6ccccc6)c5c43)n2)cc1. The highest BCUT2D eigenvalue weighted by Gasteiger charge is 2.26. The lowest BCUT2D eigenvalue weighted by atomic mass is 9.99. The van der Waals surface area contributed by atoms with Crippen molar-refractivity contribution in [3.63, 3.8) is 0 Å². The van der Waals surface area contributed by atoms with Crippen molar-refractivity contribution in [2.45, 2.75) is 0 Å². The maximum absolute atomic E-state index is 5.23. The minimum absolute atomic E-state index is 0.563. The molecular formula is C42H26N6. The average Bonchev–Trinajstić information content (AvgIpc) is 3.70. The molecule has 0 amide bonds. The van der Waals surface area contributed by atoms with Crippen molar-refractivity contribution in [2.24, 2.45) is 0 Å². The number of para-hydroxylation sites is 2. The molecule has 0 fully saturated rings. The Kier molecular flexibility index (Phi) is 5.77. The third-order valence-corrected chi connectivity index (χ3v) is 9.24. The van der Waals surface area contributed by atoms with E-state index >= 15 is 0 Å². The van der Waals surface area contributed by atoms with Crippen LogP contribution in [0.25, 0.3) is 88.8 Å². The normalized spacial score (nSPS) is 11.8. The summed E-state index contributed by atoms with van der Waals surface area (Å²) in [5.41, 5.74) is 7.10. The zero-order chi connectivity index (χ0) is 31.6. The van der Waals surface area contributed by atoms with E-state index in [0.717, 1.165) is 55.0 Å². The van der Waals surface area contributed by atoms with Gasteiger partial charge in [0.25, 0.3) is 0 Å². The van der Waals surface area contributed by atoms with Gasteiger partial charge in [-0.05, 0) is 35.0 Å². The van der Waals surface area contributed by atoms with Crippen LogP contribution in [0.4, 0.5) is 0 Å². The van der Waals surface area contributed by atoms with Crippen molar-refractivity contribution in [3.8, 4) is 34.4 Å². The molecule has 4 heterocycles. The Balaban J connectivity index is 1.47. The summed E-state index contributed by atoms with van der Waals surface area (Å²) in [6, 6.07) is 50.3. The lowest BCUT2D eigenvalue weighted by Crippen LogP contribution is -2.07.